The molecule has 0 saturated carbocycles. The summed E-state index contributed by atoms with van der Waals surface area (Å²) in [6.45, 7) is 2.85. The molecule has 140 valence electrons. The van der Waals surface area contributed by atoms with Crippen molar-refractivity contribution in [1.82, 2.24) is 15.1 Å². The van der Waals surface area contributed by atoms with Gasteiger partial charge in [0.2, 0.25) is 5.91 Å². The average molecular weight is 376 g/mol. The Kier molecular flexibility index (Phi) is 7.40. The third-order valence-electron chi connectivity index (χ3n) is 4.69. The summed E-state index contributed by atoms with van der Waals surface area (Å²) in [6.07, 6.45) is 1.32. The Hall–Kier alpha value is -1.44. The Morgan fingerprint density at radius 1 is 1.20 bits per heavy atom. The van der Waals surface area contributed by atoms with E-state index in [4.69, 9.17) is 0 Å². The van der Waals surface area contributed by atoms with E-state index in [2.05, 4.69) is 15.0 Å². The summed E-state index contributed by atoms with van der Waals surface area (Å²) in [5, 5.41) is 3.34. The van der Waals surface area contributed by atoms with E-state index in [0.717, 1.165) is 51.3 Å². The fraction of sp³-hybridized carbons (Fsp3) is 0.588. The van der Waals surface area contributed by atoms with Crippen molar-refractivity contribution < 1.29 is 18.3 Å². The highest BCUT2D eigenvalue weighted by molar-refractivity contribution is 5.85. The Labute approximate surface area is 152 Å². The maximum Gasteiger partial charge on any atom is 0.387 e. The molecule has 2 saturated heterocycles. The predicted molar refractivity (Wildman–Crippen MR) is 93.5 cm³/mol. The largest absolute Gasteiger partial charge is 0.435 e. The standard InChI is InChI=1S/C17H23F2N3O2.ClH/c18-17(19)24-15-3-1-13(2-4-15)11-16(23)22-8-5-14(12-22)21-9-6-20-7-10-21;/h1-4,14,17,20H,5-12H2;1H. The molecule has 0 aromatic heterocycles. The molecule has 1 amide bonds. The van der Waals surface area contributed by atoms with Gasteiger partial charge >= 0.3 is 6.61 Å². The topological polar surface area (TPSA) is 44.8 Å². The molecule has 3 rings (SSSR count). The van der Waals surface area contributed by atoms with Crippen LogP contribution in [0.15, 0.2) is 24.3 Å². The first-order valence-corrected chi connectivity index (χ1v) is 8.38. The van der Waals surface area contributed by atoms with Gasteiger partial charge in [-0.25, -0.2) is 0 Å². The summed E-state index contributed by atoms with van der Waals surface area (Å²) in [5.74, 6) is 0.205. The molecule has 1 aromatic rings. The molecule has 8 heteroatoms. The van der Waals surface area contributed by atoms with Gasteiger partial charge < -0.3 is 15.0 Å². The van der Waals surface area contributed by atoms with Crippen molar-refractivity contribution in [3.8, 4) is 5.75 Å². The summed E-state index contributed by atoms with van der Waals surface area (Å²) in [7, 11) is 0. The van der Waals surface area contributed by atoms with Gasteiger partial charge in [-0.1, -0.05) is 12.1 Å². The Balaban J connectivity index is 0.00000225. The number of halogens is 3. The molecule has 2 fully saturated rings. The van der Waals surface area contributed by atoms with Crippen LogP contribution >= 0.6 is 12.4 Å². The number of carbonyl (C=O) groups excluding carboxylic acids is 1. The van der Waals surface area contributed by atoms with Gasteiger partial charge in [0.25, 0.3) is 0 Å². The van der Waals surface area contributed by atoms with E-state index in [-0.39, 0.29) is 24.1 Å². The second kappa shape index (κ2) is 9.31. The zero-order valence-electron chi connectivity index (χ0n) is 14.0. The minimum Gasteiger partial charge on any atom is -0.435 e. The van der Waals surface area contributed by atoms with Gasteiger partial charge in [0.15, 0.2) is 0 Å². The van der Waals surface area contributed by atoms with Gasteiger partial charge in [-0.3, -0.25) is 9.69 Å². The van der Waals surface area contributed by atoms with Crippen LogP contribution in [0.1, 0.15) is 12.0 Å². The van der Waals surface area contributed by atoms with Crippen molar-refractivity contribution in [2.75, 3.05) is 39.3 Å². The van der Waals surface area contributed by atoms with Gasteiger partial charge in [-0.2, -0.15) is 8.78 Å². The molecule has 0 radical (unpaired) electrons. The van der Waals surface area contributed by atoms with Crippen LogP contribution in [0, 0.1) is 0 Å². The summed E-state index contributed by atoms with van der Waals surface area (Å²) in [6, 6.07) is 6.74. The first-order chi connectivity index (χ1) is 11.6. The number of carbonyl (C=O) groups is 1. The van der Waals surface area contributed by atoms with Crippen molar-refractivity contribution in [2.45, 2.75) is 25.5 Å². The zero-order valence-corrected chi connectivity index (χ0v) is 14.8. The molecule has 1 aromatic carbocycles. The number of benzene rings is 1. The van der Waals surface area contributed by atoms with Crippen LogP contribution in [0.4, 0.5) is 8.78 Å². The number of piperazine rings is 1. The molecular weight excluding hydrogens is 352 g/mol. The third kappa shape index (κ3) is 5.52. The average Bonchev–Trinajstić information content (AvgIpc) is 3.07. The number of ether oxygens (including phenoxy) is 1. The highest BCUT2D eigenvalue weighted by Crippen LogP contribution is 2.19. The highest BCUT2D eigenvalue weighted by atomic mass is 35.5. The molecule has 2 heterocycles. The number of rotatable bonds is 5. The number of amides is 1. The lowest BCUT2D eigenvalue weighted by Gasteiger charge is -2.32. The van der Waals surface area contributed by atoms with Gasteiger partial charge in [-0.15, -0.1) is 12.4 Å². The van der Waals surface area contributed by atoms with E-state index in [1.165, 1.54) is 12.1 Å². The van der Waals surface area contributed by atoms with E-state index < -0.39 is 6.61 Å². The van der Waals surface area contributed by atoms with E-state index in [0.29, 0.717) is 12.5 Å². The molecule has 5 nitrogen and oxygen atoms in total. The van der Waals surface area contributed by atoms with Crippen molar-refractivity contribution in [3.05, 3.63) is 29.8 Å². The van der Waals surface area contributed by atoms with Gasteiger partial charge in [-0.05, 0) is 24.1 Å². The Morgan fingerprint density at radius 3 is 2.52 bits per heavy atom. The lowest BCUT2D eigenvalue weighted by Crippen LogP contribution is -2.49. The van der Waals surface area contributed by atoms with Crippen LogP contribution in [-0.2, 0) is 11.2 Å². The first-order valence-electron chi connectivity index (χ1n) is 8.38. The molecule has 1 atom stereocenters. The van der Waals surface area contributed by atoms with E-state index in [1.54, 1.807) is 12.1 Å². The zero-order chi connectivity index (χ0) is 16.9. The number of nitrogens with zero attached hydrogens (tertiary/aromatic N) is 2. The van der Waals surface area contributed by atoms with Gasteiger partial charge in [0.05, 0.1) is 6.42 Å². The fourth-order valence-corrected chi connectivity index (χ4v) is 3.39. The maximum absolute atomic E-state index is 12.4. The van der Waals surface area contributed by atoms with E-state index >= 15 is 0 Å². The lowest BCUT2D eigenvalue weighted by atomic mass is 10.1. The second-order valence-corrected chi connectivity index (χ2v) is 6.27. The summed E-state index contributed by atoms with van der Waals surface area (Å²) in [5.41, 5.74) is 0.812. The molecule has 1 N–H and O–H groups in total. The predicted octanol–water partition coefficient (Wildman–Crippen LogP) is 1.76. The second-order valence-electron chi connectivity index (χ2n) is 6.27. The summed E-state index contributed by atoms with van der Waals surface area (Å²) < 4.78 is 28.6. The number of nitrogens with one attached hydrogen (secondary N) is 1. The van der Waals surface area contributed by atoms with Gasteiger partial charge in [0, 0.05) is 45.3 Å². The van der Waals surface area contributed by atoms with E-state index in [1.807, 2.05) is 4.90 Å². The van der Waals surface area contributed by atoms with Crippen LogP contribution in [0.2, 0.25) is 0 Å². The third-order valence-corrected chi connectivity index (χ3v) is 4.69. The van der Waals surface area contributed by atoms with Crippen LogP contribution in [0.3, 0.4) is 0 Å². The van der Waals surface area contributed by atoms with Crippen LogP contribution in [0.25, 0.3) is 0 Å². The fourth-order valence-electron chi connectivity index (χ4n) is 3.39. The van der Waals surface area contributed by atoms with E-state index in [9.17, 15) is 13.6 Å². The minimum absolute atomic E-state index is 0. The number of likely N-dealkylation sites (tertiary alicyclic amines) is 1. The Bertz CT molecular complexity index is 553. The quantitative estimate of drug-likeness (QED) is 0.851. The maximum atomic E-state index is 12.4. The minimum atomic E-state index is -2.83. The molecule has 1 unspecified atom stereocenters. The molecule has 2 aliphatic heterocycles. The highest BCUT2D eigenvalue weighted by Gasteiger charge is 2.30. The molecule has 25 heavy (non-hydrogen) atoms. The number of hydrogen-bond acceptors (Lipinski definition) is 4. The Morgan fingerprint density at radius 2 is 1.88 bits per heavy atom. The summed E-state index contributed by atoms with van der Waals surface area (Å²) >= 11 is 0. The van der Waals surface area contributed by atoms with Crippen LogP contribution in [-0.4, -0.2) is 67.6 Å². The summed E-state index contributed by atoms with van der Waals surface area (Å²) in [4.78, 5) is 16.8. The molecule has 0 spiro atoms. The van der Waals surface area contributed by atoms with Crippen LogP contribution < -0.4 is 10.1 Å². The normalized spacial score (nSPS) is 21.2. The van der Waals surface area contributed by atoms with Crippen molar-refractivity contribution in [1.29, 1.82) is 0 Å². The molecular formula is C17H24ClF2N3O2. The number of hydrogen-bond donors (Lipinski definition) is 1. The van der Waals surface area contributed by atoms with Crippen LogP contribution in [0.5, 0.6) is 5.75 Å². The molecule has 0 bridgehead atoms. The molecule has 2 aliphatic rings. The first kappa shape index (κ1) is 19.9. The monoisotopic (exact) mass is 375 g/mol. The van der Waals surface area contributed by atoms with Crippen molar-refractivity contribution in [2.24, 2.45) is 0 Å². The van der Waals surface area contributed by atoms with Crippen molar-refractivity contribution in [3.63, 3.8) is 0 Å². The number of alkyl halides is 2. The van der Waals surface area contributed by atoms with Crippen molar-refractivity contribution >= 4 is 18.3 Å². The lowest BCUT2D eigenvalue weighted by molar-refractivity contribution is -0.129. The smallest absolute Gasteiger partial charge is 0.387 e. The SMILES string of the molecule is Cl.O=C(Cc1ccc(OC(F)F)cc1)N1CCC(N2CCNCC2)C1. The molecule has 0 aliphatic carbocycles. The van der Waals surface area contributed by atoms with Gasteiger partial charge in [0.1, 0.15) is 5.75 Å².